The maximum Gasteiger partial charge on any atom is 0.0745 e. The summed E-state index contributed by atoms with van der Waals surface area (Å²) in [5, 5.41) is 8.43. The maximum absolute atomic E-state index is 8.43. The molecule has 3 heteroatoms. The molecule has 0 aliphatic carbocycles. The van der Waals surface area contributed by atoms with Crippen molar-refractivity contribution in [3.8, 4) is 0 Å². The van der Waals surface area contributed by atoms with Gasteiger partial charge < -0.3 is 9.84 Å². The molecule has 0 aliphatic rings. The number of ether oxygens (including phenoxy) is 1. The van der Waals surface area contributed by atoms with Crippen molar-refractivity contribution in [2.75, 3.05) is 13.7 Å². The van der Waals surface area contributed by atoms with Crippen molar-refractivity contribution in [2.45, 2.75) is 13.0 Å². The van der Waals surface area contributed by atoms with E-state index in [0.717, 1.165) is 0 Å². The van der Waals surface area contributed by atoms with E-state index in [-0.39, 0.29) is 43.8 Å². The van der Waals surface area contributed by atoms with Gasteiger partial charge in [-0.1, -0.05) is 0 Å². The Balaban J connectivity index is 0. The number of methoxy groups -OCH3 is 1. The van der Waals surface area contributed by atoms with Gasteiger partial charge in [-0.05, 0) is 6.92 Å². The summed E-state index contributed by atoms with van der Waals surface area (Å²) in [5.74, 6) is 0. The fourth-order valence-electron chi connectivity index (χ4n) is 0.241. The quantitative estimate of drug-likeness (QED) is 0.517. The van der Waals surface area contributed by atoms with E-state index in [9.17, 15) is 0 Å². The summed E-state index contributed by atoms with van der Waals surface area (Å²) in [6.45, 7) is 2.11. The van der Waals surface area contributed by atoms with E-state index < -0.39 is 0 Å². The van der Waals surface area contributed by atoms with E-state index in [1.54, 1.807) is 14.0 Å². The van der Waals surface area contributed by atoms with Crippen LogP contribution in [0.3, 0.4) is 0 Å². The molecule has 0 saturated carbocycles. The molecule has 0 saturated heterocycles. The molecule has 0 aromatic heterocycles. The van der Waals surface area contributed by atoms with Crippen LogP contribution in [0, 0.1) is 0 Å². The largest absolute Gasteiger partial charge is 0.391 e. The van der Waals surface area contributed by atoms with Gasteiger partial charge >= 0.3 is 0 Å². The Morgan fingerprint density at radius 1 is 1.71 bits per heavy atom. The first-order valence-corrected chi connectivity index (χ1v) is 1.94. The van der Waals surface area contributed by atoms with Crippen molar-refractivity contribution >= 4 is 37.7 Å². The zero-order valence-electron chi connectivity index (χ0n) is 4.85. The Hall–Kier alpha value is 1.18. The van der Waals surface area contributed by atoms with Gasteiger partial charge in [0.1, 0.15) is 0 Å². The van der Waals surface area contributed by atoms with Gasteiger partial charge in [-0.25, -0.2) is 0 Å². The molecule has 0 aliphatic heterocycles. The number of rotatable bonds is 2. The van der Waals surface area contributed by atoms with E-state index in [4.69, 9.17) is 5.11 Å². The second-order valence-electron chi connectivity index (χ2n) is 1.30. The summed E-state index contributed by atoms with van der Waals surface area (Å²) >= 11 is 0. The van der Waals surface area contributed by atoms with Crippen molar-refractivity contribution in [2.24, 2.45) is 0 Å². The van der Waals surface area contributed by atoms with Gasteiger partial charge in [0.05, 0.1) is 12.7 Å². The van der Waals surface area contributed by atoms with Crippen LogP contribution >= 0.6 is 0 Å². The van der Waals surface area contributed by atoms with Gasteiger partial charge in [-0.2, -0.15) is 0 Å². The summed E-state index contributed by atoms with van der Waals surface area (Å²) in [6, 6.07) is 0. The van der Waals surface area contributed by atoms with E-state index in [1.165, 1.54) is 0 Å². The van der Waals surface area contributed by atoms with E-state index in [1.807, 2.05) is 0 Å². The fourth-order valence-corrected chi connectivity index (χ4v) is 0.241. The molecular weight excluding hydrogens is 120 g/mol. The molecule has 0 aromatic rings. The van der Waals surface area contributed by atoms with Crippen LogP contribution in [0.15, 0.2) is 0 Å². The first-order chi connectivity index (χ1) is 2.77. The Morgan fingerprint density at radius 3 is 2.14 bits per heavy atom. The fraction of sp³-hybridized carbons (Fsp3) is 1.00. The van der Waals surface area contributed by atoms with Crippen LogP contribution in [0.2, 0.25) is 0 Å². The average Bonchev–Trinajstić information content (AvgIpc) is 1.35. The minimum atomic E-state index is -0.324. The van der Waals surface area contributed by atoms with Crippen molar-refractivity contribution in [1.29, 1.82) is 0 Å². The Morgan fingerprint density at radius 2 is 2.14 bits per heavy atom. The third kappa shape index (κ3) is 11.0. The Bertz CT molecular complexity index is 30.9. The zero-order chi connectivity index (χ0) is 4.99. The average molecular weight is 130 g/mol. The summed E-state index contributed by atoms with van der Waals surface area (Å²) in [7, 11) is 1.56. The molecule has 0 spiro atoms. The minimum Gasteiger partial charge on any atom is -0.391 e. The number of aliphatic hydroxyl groups is 1. The predicted octanol–water partition coefficient (Wildman–Crippen LogP) is -0.367. The van der Waals surface area contributed by atoms with Crippen molar-refractivity contribution in [1.82, 2.24) is 0 Å². The predicted molar refractivity (Wildman–Crippen MR) is 29.3 cm³/mol. The van der Waals surface area contributed by atoms with E-state index in [2.05, 4.69) is 4.74 Å². The molecule has 40 valence electrons. The topological polar surface area (TPSA) is 29.5 Å². The number of hydrogen-bond donors (Lipinski definition) is 1. The van der Waals surface area contributed by atoms with Gasteiger partial charge in [-0.15, -0.1) is 0 Å². The normalized spacial score (nSPS) is 12.4. The molecule has 0 bridgehead atoms. The van der Waals surface area contributed by atoms with Gasteiger partial charge in [0, 0.05) is 44.8 Å². The zero-order valence-corrected chi connectivity index (χ0v) is 7.06. The Kier molecular flexibility index (Phi) is 11.3. The van der Waals surface area contributed by atoms with Crippen LogP contribution in [-0.4, -0.2) is 62.7 Å². The first kappa shape index (κ1) is 11.0. The van der Waals surface area contributed by atoms with Crippen LogP contribution in [-0.2, 0) is 4.74 Å². The van der Waals surface area contributed by atoms with Crippen molar-refractivity contribution in [3.63, 3.8) is 0 Å². The second-order valence-corrected chi connectivity index (χ2v) is 1.30. The SMILES string of the molecule is COCC(C)O.[Ca]. The van der Waals surface area contributed by atoms with Crippen LogP contribution in [0.4, 0.5) is 0 Å². The van der Waals surface area contributed by atoms with Gasteiger partial charge in [-0.3, -0.25) is 0 Å². The molecule has 1 N–H and O–H groups in total. The first-order valence-electron chi connectivity index (χ1n) is 1.94. The summed E-state index contributed by atoms with van der Waals surface area (Å²) in [4.78, 5) is 0. The summed E-state index contributed by atoms with van der Waals surface area (Å²) in [5.41, 5.74) is 0. The van der Waals surface area contributed by atoms with E-state index in [0.29, 0.717) is 6.61 Å². The number of aliphatic hydroxyl groups excluding tert-OH is 1. The number of hydrogen-bond acceptors (Lipinski definition) is 2. The van der Waals surface area contributed by atoms with Crippen LogP contribution in [0.1, 0.15) is 6.92 Å². The monoisotopic (exact) mass is 130 g/mol. The maximum atomic E-state index is 8.43. The van der Waals surface area contributed by atoms with E-state index >= 15 is 0 Å². The molecular formula is C4H10CaO2. The molecule has 7 heavy (non-hydrogen) atoms. The third-order valence-corrected chi connectivity index (χ3v) is 0.408. The molecule has 0 fully saturated rings. The van der Waals surface area contributed by atoms with Crippen LogP contribution in [0.25, 0.3) is 0 Å². The smallest absolute Gasteiger partial charge is 0.0745 e. The third-order valence-electron chi connectivity index (χ3n) is 0.408. The molecule has 1 unspecified atom stereocenters. The van der Waals surface area contributed by atoms with Crippen molar-refractivity contribution in [3.05, 3.63) is 0 Å². The van der Waals surface area contributed by atoms with Crippen LogP contribution < -0.4 is 0 Å². The van der Waals surface area contributed by atoms with Crippen LogP contribution in [0.5, 0.6) is 0 Å². The molecule has 0 heterocycles. The Labute approximate surface area is 73.9 Å². The molecule has 2 nitrogen and oxygen atoms in total. The summed E-state index contributed by atoms with van der Waals surface area (Å²) < 4.78 is 4.55. The van der Waals surface area contributed by atoms with Gasteiger partial charge in [0.25, 0.3) is 0 Å². The minimum absolute atomic E-state index is 0. The molecule has 0 rings (SSSR count). The molecule has 2 radical (unpaired) electrons. The summed E-state index contributed by atoms with van der Waals surface area (Å²) in [6.07, 6.45) is -0.324. The molecule has 0 aromatic carbocycles. The molecule has 0 amide bonds. The van der Waals surface area contributed by atoms with Crippen molar-refractivity contribution < 1.29 is 9.84 Å². The van der Waals surface area contributed by atoms with Gasteiger partial charge in [0.2, 0.25) is 0 Å². The second kappa shape index (κ2) is 7.18. The van der Waals surface area contributed by atoms with Gasteiger partial charge in [0.15, 0.2) is 0 Å². The molecule has 1 atom stereocenters. The standard InChI is InChI=1S/C4H10O2.Ca/c1-4(5)3-6-2;/h4-5H,3H2,1-2H3;.